The van der Waals surface area contributed by atoms with Gasteiger partial charge in [0.05, 0.1) is 12.1 Å². The standard InChI is InChI=1S/C17H25N3O.C2HF3O2/c1-2-17(7-5-3-4-6-8-17)15(19)16(21)20-13(11-18)9-12-10-14(12)20;3-2(4,5)1(6)7/h2,12-15H,1,3-10,19H2;(H,6,7)/t12-,13+,14+,15-;/m1./s1. The summed E-state index contributed by atoms with van der Waals surface area (Å²) >= 11 is 0. The van der Waals surface area contributed by atoms with Crippen molar-refractivity contribution in [2.75, 3.05) is 0 Å². The molecule has 0 aromatic rings. The number of rotatable bonds is 3. The molecule has 1 amide bonds. The third-order valence-electron chi connectivity index (χ3n) is 6.08. The smallest absolute Gasteiger partial charge is 0.475 e. The molecule has 0 bridgehead atoms. The van der Waals surface area contributed by atoms with E-state index in [4.69, 9.17) is 15.6 Å². The predicted octanol–water partition coefficient (Wildman–Crippen LogP) is 2.99. The van der Waals surface area contributed by atoms with Crippen LogP contribution in [0.15, 0.2) is 12.7 Å². The van der Waals surface area contributed by atoms with E-state index in [1.54, 1.807) is 4.90 Å². The fraction of sp³-hybridized carbons (Fsp3) is 0.737. The number of aliphatic carboxylic acids is 1. The number of nitrogens with zero attached hydrogens (tertiary/aromatic N) is 2. The van der Waals surface area contributed by atoms with E-state index >= 15 is 0 Å². The summed E-state index contributed by atoms with van der Waals surface area (Å²) in [5.74, 6) is -2.24. The molecule has 0 unspecified atom stereocenters. The van der Waals surface area contributed by atoms with Crippen LogP contribution in [-0.4, -0.2) is 46.2 Å². The molecule has 0 spiro atoms. The number of halogens is 3. The summed E-state index contributed by atoms with van der Waals surface area (Å²) in [5.41, 5.74) is 6.14. The molecular weight excluding hydrogens is 375 g/mol. The van der Waals surface area contributed by atoms with E-state index in [9.17, 15) is 23.2 Å². The molecule has 4 atom stereocenters. The number of fused-ring (bicyclic) bond motifs is 1. The third-order valence-corrected chi connectivity index (χ3v) is 6.08. The van der Waals surface area contributed by atoms with E-state index in [0.717, 1.165) is 38.5 Å². The fourth-order valence-corrected chi connectivity index (χ4v) is 4.32. The van der Waals surface area contributed by atoms with Crippen molar-refractivity contribution < 1.29 is 27.9 Å². The Labute approximate surface area is 162 Å². The van der Waals surface area contributed by atoms with Gasteiger partial charge in [-0.1, -0.05) is 31.8 Å². The van der Waals surface area contributed by atoms with Crippen molar-refractivity contribution in [2.45, 2.75) is 75.7 Å². The summed E-state index contributed by atoms with van der Waals surface area (Å²) in [6, 6.07) is 1.76. The van der Waals surface area contributed by atoms with Crippen LogP contribution in [0, 0.1) is 22.7 Å². The SMILES string of the molecule is C=CC1([C@H](N)C(=O)N2[C@H](C#N)C[C@@H]3C[C@@H]32)CCCCCC1.O=C(O)C(F)(F)F. The number of carboxylic acids is 1. The highest BCUT2D eigenvalue weighted by Crippen LogP contribution is 2.49. The van der Waals surface area contributed by atoms with Gasteiger partial charge in [0.15, 0.2) is 0 Å². The molecule has 6 nitrogen and oxygen atoms in total. The van der Waals surface area contributed by atoms with Gasteiger partial charge in [0.2, 0.25) is 5.91 Å². The molecule has 0 radical (unpaired) electrons. The van der Waals surface area contributed by atoms with Crippen LogP contribution < -0.4 is 5.73 Å². The average molecular weight is 401 g/mol. The predicted molar refractivity (Wildman–Crippen MR) is 94.8 cm³/mol. The number of carboxylic acid groups (broad SMARTS) is 1. The van der Waals surface area contributed by atoms with Crippen LogP contribution in [0.4, 0.5) is 13.2 Å². The van der Waals surface area contributed by atoms with Crippen LogP contribution in [0.3, 0.4) is 0 Å². The lowest BCUT2D eigenvalue weighted by atomic mass is 9.73. The van der Waals surface area contributed by atoms with Crippen molar-refractivity contribution in [3.8, 4) is 6.07 Å². The van der Waals surface area contributed by atoms with Crippen molar-refractivity contribution in [1.29, 1.82) is 5.26 Å². The highest BCUT2D eigenvalue weighted by molar-refractivity contribution is 5.84. The first-order chi connectivity index (χ1) is 13.1. The molecule has 0 aromatic carbocycles. The molecule has 9 heteroatoms. The molecule has 0 aromatic heterocycles. The lowest BCUT2D eigenvalue weighted by Crippen LogP contribution is -2.54. The molecule has 3 rings (SSSR count). The molecule has 28 heavy (non-hydrogen) atoms. The minimum atomic E-state index is -5.08. The monoisotopic (exact) mass is 401 g/mol. The lowest BCUT2D eigenvalue weighted by molar-refractivity contribution is -0.192. The quantitative estimate of drug-likeness (QED) is 0.558. The molecule has 3 aliphatic rings. The Bertz CT molecular complexity index is 651. The van der Waals surface area contributed by atoms with Crippen LogP contribution in [0.2, 0.25) is 0 Å². The molecule has 1 saturated heterocycles. The Kier molecular flexibility index (Phi) is 6.75. The summed E-state index contributed by atoms with van der Waals surface area (Å²) < 4.78 is 31.7. The number of piperidine rings is 1. The molecule has 2 saturated carbocycles. The zero-order chi connectivity index (χ0) is 21.1. The van der Waals surface area contributed by atoms with Crippen molar-refractivity contribution >= 4 is 11.9 Å². The Hall–Kier alpha value is -2.08. The highest BCUT2D eigenvalue weighted by atomic mass is 19.4. The lowest BCUT2D eigenvalue weighted by Gasteiger charge is -2.37. The van der Waals surface area contributed by atoms with E-state index in [-0.39, 0.29) is 23.4 Å². The normalized spacial score (nSPS) is 29.2. The molecule has 2 aliphatic carbocycles. The number of alkyl halides is 3. The van der Waals surface area contributed by atoms with Crippen molar-refractivity contribution in [2.24, 2.45) is 17.1 Å². The van der Waals surface area contributed by atoms with Gasteiger partial charge in [0, 0.05) is 11.5 Å². The van der Waals surface area contributed by atoms with Crippen LogP contribution in [0.1, 0.15) is 51.4 Å². The second kappa shape index (κ2) is 8.52. The van der Waals surface area contributed by atoms with Gasteiger partial charge >= 0.3 is 12.1 Å². The van der Waals surface area contributed by atoms with Gasteiger partial charge in [0.25, 0.3) is 0 Å². The molecule has 3 N–H and O–H groups in total. The van der Waals surface area contributed by atoms with E-state index in [1.165, 1.54) is 12.8 Å². The number of carbonyl (C=O) groups is 2. The minimum Gasteiger partial charge on any atom is -0.475 e. The van der Waals surface area contributed by atoms with Crippen molar-refractivity contribution in [1.82, 2.24) is 4.90 Å². The first-order valence-corrected chi connectivity index (χ1v) is 9.48. The molecule has 156 valence electrons. The first-order valence-electron chi connectivity index (χ1n) is 9.48. The van der Waals surface area contributed by atoms with Crippen LogP contribution in [0.25, 0.3) is 0 Å². The number of nitrogens with two attached hydrogens (primary N) is 1. The number of likely N-dealkylation sites (tertiary alicyclic amines) is 1. The number of hydrogen-bond donors (Lipinski definition) is 2. The van der Waals surface area contributed by atoms with E-state index < -0.39 is 18.2 Å². The topological polar surface area (TPSA) is 107 Å². The van der Waals surface area contributed by atoms with E-state index in [2.05, 4.69) is 12.6 Å². The van der Waals surface area contributed by atoms with Gasteiger partial charge < -0.3 is 15.7 Å². The fourth-order valence-electron chi connectivity index (χ4n) is 4.32. The third kappa shape index (κ3) is 4.66. The van der Waals surface area contributed by atoms with Crippen LogP contribution in [0.5, 0.6) is 0 Å². The largest absolute Gasteiger partial charge is 0.490 e. The molecule has 1 heterocycles. The van der Waals surface area contributed by atoms with Crippen molar-refractivity contribution in [3.63, 3.8) is 0 Å². The first kappa shape index (κ1) is 22.2. The maximum atomic E-state index is 12.9. The Morgan fingerprint density at radius 3 is 2.21 bits per heavy atom. The Balaban J connectivity index is 0.000000345. The Morgan fingerprint density at radius 1 is 1.25 bits per heavy atom. The van der Waals surface area contributed by atoms with Crippen molar-refractivity contribution in [3.05, 3.63) is 12.7 Å². The zero-order valence-electron chi connectivity index (χ0n) is 15.6. The maximum absolute atomic E-state index is 12.9. The van der Waals surface area contributed by atoms with E-state index in [0.29, 0.717) is 5.92 Å². The van der Waals surface area contributed by atoms with Crippen LogP contribution >= 0.6 is 0 Å². The minimum absolute atomic E-state index is 0.0200. The summed E-state index contributed by atoms with van der Waals surface area (Å²) in [7, 11) is 0. The summed E-state index contributed by atoms with van der Waals surface area (Å²) in [6.07, 6.45) is 5.27. The molecule has 1 aliphatic heterocycles. The summed E-state index contributed by atoms with van der Waals surface area (Å²) in [6.45, 7) is 3.98. The van der Waals surface area contributed by atoms with Gasteiger partial charge in [-0.2, -0.15) is 18.4 Å². The zero-order valence-corrected chi connectivity index (χ0v) is 15.6. The maximum Gasteiger partial charge on any atom is 0.490 e. The molecular formula is C19H26F3N3O3. The highest BCUT2D eigenvalue weighted by Gasteiger charge is 2.56. The second-order valence-electron chi connectivity index (χ2n) is 7.82. The van der Waals surface area contributed by atoms with Gasteiger partial charge in [-0.05, 0) is 31.6 Å². The van der Waals surface area contributed by atoms with Gasteiger partial charge in [-0.25, -0.2) is 4.79 Å². The number of hydrogen-bond acceptors (Lipinski definition) is 4. The van der Waals surface area contributed by atoms with Gasteiger partial charge in [-0.3, -0.25) is 4.79 Å². The van der Waals surface area contributed by atoms with Crippen LogP contribution in [-0.2, 0) is 9.59 Å². The molecule has 3 fully saturated rings. The summed E-state index contributed by atoms with van der Waals surface area (Å²) in [5, 5.41) is 16.4. The number of nitriles is 1. The number of carbonyl (C=O) groups excluding carboxylic acids is 1. The number of amides is 1. The van der Waals surface area contributed by atoms with Gasteiger partial charge in [0.1, 0.15) is 6.04 Å². The Morgan fingerprint density at radius 2 is 1.79 bits per heavy atom. The average Bonchev–Trinajstić information content (AvgIpc) is 3.37. The summed E-state index contributed by atoms with van der Waals surface area (Å²) in [4.78, 5) is 23.6. The second-order valence-corrected chi connectivity index (χ2v) is 7.82. The van der Waals surface area contributed by atoms with Gasteiger partial charge in [-0.15, -0.1) is 6.58 Å². The van der Waals surface area contributed by atoms with E-state index in [1.807, 2.05) is 6.08 Å².